The van der Waals surface area contributed by atoms with Gasteiger partial charge in [0.05, 0.1) is 11.1 Å². The summed E-state index contributed by atoms with van der Waals surface area (Å²) in [5, 5.41) is 5.03. The van der Waals surface area contributed by atoms with E-state index in [-0.39, 0.29) is 23.6 Å². The minimum absolute atomic E-state index is 0.0666. The topological polar surface area (TPSA) is 122 Å². The van der Waals surface area contributed by atoms with Gasteiger partial charge in [-0.1, -0.05) is 26.0 Å². The van der Waals surface area contributed by atoms with Crippen molar-refractivity contribution in [2.24, 2.45) is 5.92 Å². The first-order valence-corrected chi connectivity index (χ1v) is 10.1. The Morgan fingerprint density at radius 2 is 1.58 bits per heavy atom. The first kappa shape index (κ1) is 24.0. The number of nitrogens with one attached hydrogen (secondary N) is 2. The third-order valence-electron chi connectivity index (χ3n) is 4.37. The highest BCUT2D eigenvalue weighted by Crippen LogP contribution is 2.22. The number of ether oxygens (including phenoxy) is 1. The fourth-order valence-corrected chi connectivity index (χ4v) is 3.13. The first-order chi connectivity index (χ1) is 14.4. The van der Waals surface area contributed by atoms with Gasteiger partial charge < -0.3 is 15.4 Å². The van der Waals surface area contributed by atoms with E-state index in [0.29, 0.717) is 6.42 Å². The van der Waals surface area contributed by atoms with Crippen molar-refractivity contribution in [3.63, 3.8) is 0 Å². The molecule has 1 heterocycles. The molecule has 1 aliphatic rings. The molecule has 31 heavy (non-hydrogen) atoms. The maximum atomic E-state index is 12.5. The minimum Gasteiger partial charge on any atom is -0.459 e. The molecule has 2 rings (SSSR count). The summed E-state index contributed by atoms with van der Waals surface area (Å²) >= 11 is 0. The van der Waals surface area contributed by atoms with Gasteiger partial charge in [-0.25, -0.2) is 0 Å². The molecule has 0 radical (unpaired) electrons. The lowest BCUT2D eigenvalue weighted by Gasteiger charge is -2.23. The SMILES string of the molecule is CC(C)C[C@H](NC(=O)CN1C(=O)c2ccccc2C1=O)C(=O)NCC(=O)OC(C)(C)C. The predicted octanol–water partition coefficient (Wildman–Crippen LogP) is 1.27. The number of hydrogen-bond donors (Lipinski definition) is 2. The van der Waals surface area contributed by atoms with Crippen molar-refractivity contribution in [2.45, 2.75) is 52.7 Å². The van der Waals surface area contributed by atoms with Crippen LogP contribution in [0, 0.1) is 5.92 Å². The second kappa shape index (κ2) is 9.72. The third-order valence-corrected chi connectivity index (χ3v) is 4.37. The Kier molecular flexibility index (Phi) is 7.54. The van der Waals surface area contributed by atoms with E-state index in [0.717, 1.165) is 4.90 Å². The molecule has 0 unspecified atom stereocenters. The fourth-order valence-electron chi connectivity index (χ4n) is 3.13. The Morgan fingerprint density at radius 3 is 2.06 bits per heavy atom. The first-order valence-electron chi connectivity index (χ1n) is 10.1. The van der Waals surface area contributed by atoms with Crippen LogP contribution in [0.5, 0.6) is 0 Å². The molecule has 0 fully saturated rings. The summed E-state index contributed by atoms with van der Waals surface area (Å²) in [6, 6.07) is 5.41. The maximum Gasteiger partial charge on any atom is 0.325 e. The number of carbonyl (C=O) groups excluding carboxylic acids is 5. The van der Waals surface area contributed by atoms with Gasteiger partial charge in [-0.15, -0.1) is 0 Å². The molecular weight excluding hydrogens is 402 g/mol. The number of hydrogen-bond acceptors (Lipinski definition) is 6. The summed E-state index contributed by atoms with van der Waals surface area (Å²) in [5.74, 6) is -2.82. The monoisotopic (exact) mass is 431 g/mol. The highest BCUT2D eigenvalue weighted by molar-refractivity contribution is 6.22. The molecule has 0 saturated carbocycles. The van der Waals surface area contributed by atoms with Crippen LogP contribution in [0.4, 0.5) is 0 Å². The predicted molar refractivity (Wildman–Crippen MR) is 112 cm³/mol. The second-order valence-corrected chi connectivity index (χ2v) is 8.80. The van der Waals surface area contributed by atoms with E-state index in [1.165, 1.54) is 12.1 Å². The number of fused-ring (bicyclic) bond motifs is 1. The zero-order valence-electron chi connectivity index (χ0n) is 18.5. The molecule has 9 heteroatoms. The van der Waals surface area contributed by atoms with Gasteiger partial charge >= 0.3 is 5.97 Å². The minimum atomic E-state index is -0.926. The van der Waals surface area contributed by atoms with Gasteiger partial charge in [0.25, 0.3) is 11.8 Å². The molecule has 0 bridgehead atoms. The lowest BCUT2D eigenvalue weighted by atomic mass is 10.0. The highest BCUT2D eigenvalue weighted by atomic mass is 16.6. The summed E-state index contributed by atoms with van der Waals surface area (Å²) < 4.78 is 5.15. The molecule has 0 aromatic heterocycles. The van der Waals surface area contributed by atoms with Gasteiger partial charge in [0.2, 0.25) is 11.8 Å². The number of benzene rings is 1. The van der Waals surface area contributed by atoms with E-state index in [9.17, 15) is 24.0 Å². The average Bonchev–Trinajstić information content (AvgIpc) is 2.89. The largest absolute Gasteiger partial charge is 0.459 e. The number of esters is 1. The lowest BCUT2D eigenvalue weighted by Crippen LogP contribution is -2.51. The van der Waals surface area contributed by atoms with Crippen LogP contribution in [-0.4, -0.2) is 59.2 Å². The molecule has 2 N–H and O–H groups in total. The van der Waals surface area contributed by atoms with E-state index in [1.54, 1.807) is 32.9 Å². The van der Waals surface area contributed by atoms with Crippen molar-refractivity contribution in [3.8, 4) is 0 Å². The van der Waals surface area contributed by atoms with Gasteiger partial charge in [-0.3, -0.25) is 28.9 Å². The number of carbonyl (C=O) groups is 5. The molecule has 1 aromatic carbocycles. The molecule has 1 aliphatic heterocycles. The van der Waals surface area contributed by atoms with Crippen LogP contribution >= 0.6 is 0 Å². The molecule has 168 valence electrons. The Labute approximate surface area is 181 Å². The Bertz CT molecular complexity index is 852. The van der Waals surface area contributed by atoms with Crippen LogP contribution in [0.2, 0.25) is 0 Å². The molecule has 0 saturated heterocycles. The van der Waals surface area contributed by atoms with Crippen molar-refractivity contribution in [2.75, 3.05) is 13.1 Å². The zero-order valence-corrected chi connectivity index (χ0v) is 18.5. The smallest absolute Gasteiger partial charge is 0.325 e. The summed E-state index contributed by atoms with van der Waals surface area (Å²) in [7, 11) is 0. The van der Waals surface area contributed by atoms with Crippen molar-refractivity contribution in [3.05, 3.63) is 35.4 Å². The summed E-state index contributed by atoms with van der Waals surface area (Å²) in [4.78, 5) is 62.6. The van der Waals surface area contributed by atoms with E-state index in [4.69, 9.17) is 4.74 Å². The summed E-state index contributed by atoms with van der Waals surface area (Å²) in [6.45, 7) is 8.07. The van der Waals surface area contributed by atoms with Crippen molar-refractivity contribution < 1.29 is 28.7 Å². The molecular formula is C22H29N3O6. The van der Waals surface area contributed by atoms with Gasteiger partial charge in [0, 0.05) is 0 Å². The number of nitrogens with zero attached hydrogens (tertiary/aromatic N) is 1. The fraction of sp³-hybridized carbons (Fsp3) is 0.500. The van der Waals surface area contributed by atoms with E-state index in [2.05, 4.69) is 10.6 Å². The van der Waals surface area contributed by atoms with Crippen molar-refractivity contribution >= 4 is 29.6 Å². The Morgan fingerprint density at radius 1 is 1.03 bits per heavy atom. The maximum absolute atomic E-state index is 12.5. The molecule has 1 aromatic rings. The number of amides is 4. The van der Waals surface area contributed by atoms with Crippen LogP contribution in [0.25, 0.3) is 0 Å². The standard InChI is InChI=1S/C22H29N3O6/c1-13(2)10-16(19(28)23-11-18(27)31-22(3,4)5)24-17(26)12-25-20(29)14-8-6-7-9-15(14)21(25)30/h6-9,13,16H,10-12H2,1-5H3,(H,23,28)(H,24,26)/t16-/m0/s1. The number of imide groups is 1. The highest BCUT2D eigenvalue weighted by Gasteiger charge is 2.36. The summed E-state index contributed by atoms with van der Waals surface area (Å²) in [6.07, 6.45) is 0.314. The molecule has 1 atom stereocenters. The zero-order chi connectivity index (χ0) is 23.3. The van der Waals surface area contributed by atoms with Crippen LogP contribution in [0.3, 0.4) is 0 Å². The molecule has 0 spiro atoms. The molecule has 9 nitrogen and oxygen atoms in total. The van der Waals surface area contributed by atoms with Gasteiger partial charge in [0.1, 0.15) is 24.7 Å². The molecule has 0 aliphatic carbocycles. The lowest BCUT2D eigenvalue weighted by molar-refractivity contribution is -0.154. The second-order valence-electron chi connectivity index (χ2n) is 8.80. The quantitative estimate of drug-likeness (QED) is 0.472. The Balaban J connectivity index is 1.98. The Hall–Kier alpha value is -3.23. The summed E-state index contributed by atoms with van der Waals surface area (Å²) in [5.41, 5.74) is -0.192. The van der Waals surface area contributed by atoms with Crippen LogP contribution in [0.1, 0.15) is 61.8 Å². The third kappa shape index (κ3) is 6.63. The van der Waals surface area contributed by atoms with Crippen molar-refractivity contribution in [1.82, 2.24) is 15.5 Å². The molecule has 4 amide bonds. The van der Waals surface area contributed by atoms with Crippen LogP contribution in [-0.2, 0) is 19.1 Å². The van der Waals surface area contributed by atoms with E-state index >= 15 is 0 Å². The average molecular weight is 431 g/mol. The van der Waals surface area contributed by atoms with E-state index in [1.807, 2.05) is 13.8 Å². The van der Waals surface area contributed by atoms with Gasteiger partial charge in [0.15, 0.2) is 0 Å². The normalized spacial score (nSPS) is 14.3. The van der Waals surface area contributed by atoms with Crippen LogP contribution in [0.15, 0.2) is 24.3 Å². The van der Waals surface area contributed by atoms with Gasteiger partial charge in [-0.2, -0.15) is 0 Å². The van der Waals surface area contributed by atoms with Crippen LogP contribution < -0.4 is 10.6 Å². The van der Waals surface area contributed by atoms with Gasteiger partial charge in [-0.05, 0) is 45.2 Å². The number of rotatable bonds is 8. The van der Waals surface area contributed by atoms with Crippen molar-refractivity contribution in [1.29, 1.82) is 0 Å². The van der Waals surface area contributed by atoms with E-state index < -0.39 is 47.8 Å².